The second-order valence-corrected chi connectivity index (χ2v) is 4.44. The highest BCUT2D eigenvalue weighted by Gasteiger charge is 2.18. The van der Waals surface area contributed by atoms with Crippen LogP contribution in [0.15, 0.2) is 11.6 Å². The molecule has 0 heterocycles. The molecule has 15 heavy (non-hydrogen) atoms. The minimum absolute atomic E-state index is 0.00788. The smallest absolute Gasteiger partial charge is 0.261 e. The SMILES string of the molecule is CC(C)NC(=O)/C(C#N)=C/C(C)(C)CO. The predicted octanol–water partition coefficient (Wildman–Crippen LogP) is 0.979. The molecule has 0 aromatic rings. The Hall–Kier alpha value is -1.34. The first kappa shape index (κ1) is 13.7. The van der Waals surface area contributed by atoms with Gasteiger partial charge >= 0.3 is 0 Å². The average molecular weight is 210 g/mol. The minimum Gasteiger partial charge on any atom is -0.395 e. The van der Waals surface area contributed by atoms with Crippen molar-refractivity contribution in [2.24, 2.45) is 5.41 Å². The lowest BCUT2D eigenvalue weighted by Gasteiger charge is -2.17. The lowest BCUT2D eigenvalue weighted by molar-refractivity contribution is -0.117. The third kappa shape index (κ3) is 5.18. The molecule has 0 saturated carbocycles. The molecule has 0 aliphatic rings. The molecule has 0 saturated heterocycles. The van der Waals surface area contributed by atoms with Crippen LogP contribution in [0.1, 0.15) is 27.7 Å². The molecule has 0 spiro atoms. The van der Waals surface area contributed by atoms with Crippen molar-refractivity contribution in [1.82, 2.24) is 5.32 Å². The minimum atomic E-state index is -0.556. The molecule has 0 aromatic heterocycles. The van der Waals surface area contributed by atoms with E-state index in [-0.39, 0.29) is 18.2 Å². The molecule has 0 fully saturated rings. The van der Waals surface area contributed by atoms with Crippen LogP contribution in [0, 0.1) is 16.7 Å². The highest BCUT2D eigenvalue weighted by molar-refractivity contribution is 5.97. The predicted molar refractivity (Wildman–Crippen MR) is 57.8 cm³/mol. The fourth-order valence-corrected chi connectivity index (χ4v) is 0.925. The van der Waals surface area contributed by atoms with E-state index in [9.17, 15) is 4.79 Å². The third-order valence-corrected chi connectivity index (χ3v) is 1.73. The van der Waals surface area contributed by atoms with E-state index in [4.69, 9.17) is 10.4 Å². The van der Waals surface area contributed by atoms with Crippen molar-refractivity contribution >= 4 is 5.91 Å². The topological polar surface area (TPSA) is 73.1 Å². The largest absolute Gasteiger partial charge is 0.395 e. The number of nitrogens with one attached hydrogen (secondary N) is 1. The van der Waals surface area contributed by atoms with Gasteiger partial charge in [-0.15, -0.1) is 0 Å². The van der Waals surface area contributed by atoms with Crippen LogP contribution in [0.25, 0.3) is 0 Å². The molecule has 0 aromatic carbocycles. The molecule has 0 radical (unpaired) electrons. The van der Waals surface area contributed by atoms with Crippen LogP contribution in [0.2, 0.25) is 0 Å². The molecule has 2 N–H and O–H groups in total. The maximum Gasteiger partial charge on any atom is 0.261 e. The maximum absolute atomic E-state index is 11.5. The number of hydrogen-bond donors (Lipinski definition) is 2. The second kappa shape index (κ2) is 5.52. The van der Waals surface area contributed by atoms with Gasteiger partial charge in [-0.25, -0.2) is 0 Å². The molecular weight excluding hydrogens is 192 g/mol. The Labute approximate surface area is 90.6 Å². The fraction of sp³-hybridized carbons (Fsp3) is 0.636. The summed E-state index contributed by atoms with van der Waals surface area (Å²) in [5.74, 6) is -0.394. The molecule has 4 nitrogen and oxygen atoms in total. The monoisotopic (exact) mass is 210 g/mol. The second-order valence-electron chi connectivity index (χ2n) is 4.44. The normalized spacial score (nSPS) is 12.5. The summed E-state index contributed by atoms with van der Waals surface area (Å²) in [4.78, 5) is 11.5. The van der Waals surface area contributed by atoms with Gasteiger partial charge in [-0.2, -0.15) is 5.26 Å². The Bertz CT molecular complexity index is 298. The summed E-state index contributed by atoms with van der Waals surface area (Å²) < 4.78 is 0. The van der Waals surface area contributed by atoms with Crippen LogP contribution >= 0.6 is 0 Å². The molecule has 0 rings (SSSR count). The number of rotatable bonds is 4. The molecule has 0 aliphatic carbocycles. The van der Waals surface area contributed by atoms with E-state index >= 15 is 0 Å². The van der Waals surface area contributed by atoms with Gasteiger partial charge in [0, 0.05) is 11.5 Å². The van der Waals surface area contributed by atoms with Crippen LogP contribution < -0.4 is 5.32 Å². The first-order valence-electron chi connectivity index (χ1n) is 4.87. The van der Waals surface area contributed by atoms with Crippen molar-refractivity contribution in [2.45, 2.75) is 33.7 Å². The highest BCUT2D eigenvalue weighted by atomic mass is 16.3. The van der Waals surface area contributed by atoms with Gasteiger partial charge in [0.15, 0.2) is 0 Å². The summed E-state index contributed by atoms with van der Waals surface area (Å²) in [6, 6.07) is 1.83. The average Bonchev–Trinajstić information content (AvgIpc) is 2.13. The van der Waals surface area contributed by atoms with Gasteiger partial charge in [-0.05, 0) is 13.8 Å². The zero-order chi connectivity index (χ0) is 12.1. The van der Waals surface area contributed by atoms with E-state index in [2.05, 4.69) is 5.32 Å². The highest BCUT2D eigenvalue weighted by Crippen LogP contribution is 2.17. The van der Waals surface area contributed by atoms with Crippen molar-refractivity contribution in [3.8, 4) is 6.07 Å². The number of aliphatic hydroxyl groups excluding tert-OH is 1. The molecule has 0 unspecified atom stereocenters. The maximum atomic E-state index is 11.5. The van der Waals surface area contributed by atoms with Crippen molar-refractivity contribution in [2.75, 3.05) is 6.61 Å². The summed E-state index contributed by atoms with van der Waals surface area (Å²) in [7, 11) is 0. The Kier molecular flexibility index (Phi) is 5.03. The molecule has 0 aliphatic heterocycles. The Morgan fingerprint density at radius 3 is 2.47 bits per heavy atom. The van der Waals surface area contributed by atoms with Crippen molar-refractivity contribution in [1.29, 1.82) is 5.26 Å². The number of nitriles is 1. The van der Waals surface area contributed by atoms with Crippen LogP contribution in [0.3, 0.4) is 0 Å². The molecule has 84 valence electrons. The Balaban J connectivity index is 4.79. The lowest BCUT2D eigenvalue weighted by Crippen LogP contribution is -2.31. The van der Waals surface area contributed by atoms with Gasteiger partial charge in [0.1, 0.15) is 11.6 Å². The van der Waals surface area contributed by atoms with E-state index in [0.29, 0.717) is 0 Å². The summed E-state index contributed by atoms with van der Waals surface area (Å²) in [6.07, 6.45) is 1.49. The van der Waals surface area contributed by atoms with Crippen molar-refractivity contribution < 1.29 is 9.90 Å². The van der Waals surface area contributed by atoms with E-state index in [1.807, 2.05) is 19.9 Å². The number of carbonyl (C=O) groups is 1. The Morgan fingerprint density at radius 2 is 2.13 bits per heavy atom. The number of nitrogens with zero attached hydrogens (tertiary/aromatic N) is 1. The first-order chi connectivity index (χ1) is 6.82. The van der Waals surface area contributed by atoms with Crippen LogP contribution in [-0.2, 0) is 4.79 Å². The quantitative estimate of drug-likeness (QED) is 0.536. The zero-order valence-corrected chi connectivity index (χ0v) is 9.66. The van der Waals surface area contributed by atoms with Crippen LogP contribution in [0.4, 0.5) is 0 Å². The van der Waals surface area contributed by atoms with Crippen molar-refractivity contribution in [3.63, 3.8) is 0 Å². The van der Waals surface area contributed by atoms with E-state index in [1.54, 1.807) is 13.8 Å². The molecule has 1 amide bonds. The molecule has 0 bridgehead atoms. The standard InChI is InChI=1S/C11H18N2O2/c1-8(2)13-10(15)9(6-12)5-11(3,4)7-14/h5,8,14H,7H2,1-4H3,(H,13,15)/b9-5+. The number of carbonyl (C=O) groups excluding carboxylic acids is 1. The molecule has 4 heteroatoms. The zero-order valence-electron chi connectivity index (χ0n) is 9.66. The van der Waals surface area contributed by atoms with Gasteiger partial charge < -0.3 is 10.4 Å². The Morgan fingerprint density at radius 1 is 1.60 bits per heavy atom. The van der Waals surface area contributed by atoms with Crippen molar-refractivity contribution in [3.05, 3.63) is 11.6 Å². The van der Waals surface area contributed by atoms with E-state index in [1.165, 1.54) is 6.08 Å². The number of hydrogen-bond acceptors (Lipinski definition) is 3. The summed E-state index contributed by atoms with van der Waals surface area (Å²) in [5.41, 5.74) is -0.512. The molecular formula is C11H18N2O2. The number of aliphatic hydroxyl groups is 1. The molecule has 0 atom stereocenters. The van der Waals surface area contributed by atoms with Crippen LogP contribution in [-0.4, -0.2) is 23.7 Å². The van der Waals surface area contributed by atoms with Gasteiger partial charge in [0.25, 0.3) is 5.91 Å². The lowest BCUT2D eigenvalue weighted by atomic mass is 9.92. The third-order valence-electron chi connectivity index (χ3n) is 1.73. The fourth-order valence-electron chi connectivity index (χ4n) is 0.925. The summed E-state index contributed by atoms with van der Waals surface area (Å²) in [5, 5.41) is 20.5. The summed E-state index contributed by atoms with van der Waals surface area (Å²) >= 11 is 0. The van der Waals surface area contributed by atoms with Crippen LogP contribution in [0.5, 0.6) is 0 Å². The first-order valence-corrected chi connectivity index (χ1v) is 4.87. The summed E-state index contributed by atoms with van der Waals surface area (Å²) in [6.45, 7) is 7.06. The van der Waals surface area contributed by atoms with Gasteiger partial charge in [0.05, 0.1) is 6.61 Å². The van der Waals surface area contributed by atoms with Gasteiger partial charge in [-0.3, -0.25) is 4.79 Å². The number of amides is 1. The van der Waals surface area contributed by atoms with Gasteiger partial charge in [0.2, 0.25) is 0 Å². The van der Waals surface area contributed by atoms with E-state index in [0.717, 1.165) is 0 Å². The van der Waals surface area contributed by atoms with Gasteiger partial charge in [-0.1, -0.05) is 19.9 Å². The van der Waals surface area contributed by atoms with E-state index < -0.39 is 11.3 Å².